The van der Waals surface area contributed by atoms with Crippen LogP contribution in [0.4, 0.5) is 0 Å². The third-order valence-electron chi connectivity index (χ3n) is 4.57. The summed E-state index contributed by atoms with van der Waals surface area (Å²) in [6.07, 6.45) is 4.39. The van der Waals surface area contributed by atoms with E-state index in [9.17, 15) is 14.4 Å². The number of aryl methyl sites for hydroxylation is 1. The molecular weight excluding hydrogens is 318 g/mol. The molecule has 136 valence electrons. The van der Waals surface area contributed by atoms with Crippen LogP contribution in [0.15, 0.2) is 30.3 Å². The fraction of sp³-hybridized carbons (Fsp3) is 0.526. The van der Waals surface area contributed by atoms with E-state index >= 15 is 0 Å². The molecule has 3 amide bonds. The van der Waals surface area contributed by atoms with Gasteiger partial charge in [-0.2, -0.15) is 0 Å². The summed E-state index contributed by atoms with van der Waals surface area (Å²) >= 11 is 0. The average molecular weight is 345 g/mol. The first-order valence-corrected chi connectivity index (χ1v) is 8.92. The number of hydrogen-bond acceptors (Lipinski definition) is 3. The maximum Gasteiger partial charge on any atom is 0.245 e. The van der Waals surface area contributed by atoms with Crippen molar-refractivity contribution in [3.05, 3.63) is 35.9 Å². The van der Waals surface area contributed by atoms with Crippen LogP contribution < -0.4 is 11.1 Å². The van der Waals surface area contributed by atoms with Crippen LogP contribution in [0.25, 0.3) is 0 Å². The van der Waals surface area contributed by atoms with Gasteiger partial charge in [-0.1, -0.05) is 30.3 Å². The van der Waals surface area contributed by atoms with Gasteiger partial charge in [0.05, 0.1) is 0 Å². The van der Waals surface area contributed by atoms with E-state index in [1.165, 1.54) is 10.5 Å². The van der Waals surface area contributed by atoms with Gasteiger partial charge in [-0.15, -0.1) is 0 Å². The number of nitrogens with zero attached hydrogens (tertiary/aromatic N) is 1. The molecule has 25 heavy (non-hydrogen) atoms. The highest BCUT2D eigenvalue weighted by Gasteiger charge is 2.34. The SMILES string of the molecule is C[C@H](NC(=O)CCCCc1ccccc1)C(=O)N1CCC[C@H]1C(N)=O. The van der Waals surface area contributed by atoms with Crippen molar-refractivity contribution in [1.82, 2.24) is 10.2 Å². The number of unbranched alkanes of at least 4 members (excludes halogenated alkanes) is 1. The monoisotopic (exact) mass is 345 g/mol. The van der Waals surface area contributed by atoms with Crippen molar-refractivity contribution in [1.29, 1.82) is 0 Å². The molecule has 0 radical (unpaired) electrons. The minimum Gasteiger partial charge on any atom is -0.368 e. The van der Waals surface area contributed by atoms with Crippen LogP contribution >= 0.6 is 0 Å². The number of nitrogens with one attached hydrogen (secondary N) is 1. The van der Waals surface area contributed by atoms with Crippen molar-refractivity contribution < 1.29 is 14.4 Å². The van der Waals surface area contributed by atoms with Crippen LogP contribution in [0.2, 0.25) is 0 Å². The van der Waals surface area contributed by atoms with Crippen molar-refractivity contribution in [2.45, 2.75) is 57.5 Å². The van der Waals surface area contributed by atoms with Gasteiger partial charge in [0.2, 0.25) is 17.7 Å². The molecule has 0 bridgehead atoms. The molecule has 6 nitrogen and oxygen atoms in total. The highest BCUT2D eigenvalue weighted by molar-refractivity contribution is 5.91. The maximum atomic E-state index is 12.4. The number of carbonyl (C=O) groups excluding carboxylic acids is 3. The fourth-order valence-corrected chi connectivity index (χ4v) is 3.21. The summed E-state index contributed by atoms with van der Waals surface area (Å²) in [4.78, 5) is 37.3. The molecule has 6 heteroatoms. The standard InChI is InChI=1S/C19H27N3O3/c1-14(19(25)22-13-7-11-16(22)18(20)24)21-17(23)12-6-5-10-15-8-3-2-4-9-15/h2-4,8-9,14,16H,5-7,10-13H2,1H3,(H2,20,24)(H,21,23)/t14-,16-/m0/s1. The zero-order chi connectivity index (χ0) is 18.2. The van der Waals surface area contributed by atoms with Crippen LogP contribution in [0, 0.1) is 0 Å². The largest absolute Gasteiger partial charge is 0.368 e. The lowest BCUT2D eigenvalue weighted by molar-refractivity contribution is -0.140. The topological polar surface area (TPSA) is 92.5 Å². The summed E-state index contributed by atoms with van der Waals surface area (Å²) in [5, 5.41) is 2.73. The number of carbonyl (C=O) groups is 3. The number of nitrogens with two attached hydrogens (primary N) is 1. The second-order valence-corrected chi connectivity index (χ2v) is 6.57. The van der Waals surface area contributed by atoms with Crippen LogP contribution in [-0.4, -0.2) is 41.2 Å². The van der Waals surface area contributed by atoms with E-state index in [4.69, 9.17) is 5.73 Å². The normalized spacial score (nSPS) is 18.0. The molecule has 1 aliphatic rings. The Bertz CT molecular complexity index is 603. The molecule has 0 spiro atoms. The number of amides is 3. The average Bonchev–Trinajstić information content (AvgIpc) is 3.09. The molecule has 0 aliphatic carbocycles. The van der Waals surface area contributed by atoms with Crippen LogP contribution in [0.1, 0.15) is 44.6 Å². The van der Waals surface area contributed by atoms with E-state index < -0.39 is 18.0 Å². The molecule has 1 aromatic rings. The number of hydrogen-bond donors (Lipinski definition) is 2. The number of primary amides is 1. The van der Waals surface area contributed by atoms with E-state index in [0.29, 0.717) is 19.4 Å². The molecule has 2 rings (SSSR count). The summed E-state index contributed by atoms with van der Waals surface area (Å²) in [6, 6.07) is 8.97. The molecule has 1 saturated heterocycles. The molecule has 2 atom stereocenters. The van der Waals surface area contributed by atoms with Crippen LogP contribution in [0.3, 0.4) is 0 Å². The Morgan fingerprint density at radius 2 is 1.96 bits per heavy atom. The molecule has 1 aliphatic heterocycles. The second kappa shape index (κ2) is 9.20. The summed E-state index contributed by atoms with van der Waals surface area (Å²) in [6.45, 7) is 2.17. The zero-order valence-corrected chi connectivity index (χ0v) is 14.7. The molecule has 1 fully saturated rings. The van der Waals surface area contributed by atoms with Gasteiger partial charge in [0.1, 0.15) is 12.1 Å². The molecule has 0 unspecified atom stereocenters. The molecule has 0 saturated carbocycles. The van der Waals surface area contributed by atoms with E-state index in [-0.39, 0.29) is 11.8 Å². The van der Waals surface area contributed by atoms with E-state index in [2.05, 4.69) is 17.4 Å². The summed E-state index contributed by atoms with van der Waals surface area (Å²) in [7, 11) is 0. The smallest absolute Gasteiger partial charge is 0.245 e. The van der Waals surface area contributed by atoms with Gasteiger partial charge >= 0.3 is 0 Å². The zero-order valence-electron chi connectivity index (χ0n) is 14.7. The number of likely N-dealkylation sites (tertiary alicyclic amines) is 1. The van der Waals surface area contributed by atoms with Crippen molar-refractivity contribution in [2.75, 3.05) is 6.54 Å². The van der Waals surface area contributed by atoms with Gasteiger partial charge in [-0.05, 0) is 44.6 Å². The van der Waals surface area contributed by atoms with Crippen LogP contribution in [0.5, 0.6) is 0 Å². The van der Waals surface area contributed by atoms with E-state index in [1.54, 1.807) is 6.92 Å². The summed E-state index contributed by atoms with van der Waals surface area (Å²) < 4.78 is 0. The highest BCUT2D eigenvalue weighted by Crippen LogP contribution is 2.18. The van der Waals surface area contributed by atoms with Gasteiger partial charge in [-0.25, -0.2) is 0 Å². The molecule has 1 aromatic carbocycles. The van der Waals surface area contributed by atoms with E-state index in [1.807, 2.05) is 18.2 Å². The molecule has 0 aromatic heterocycles. The van der Waals surface area contributed by atoms with Gasteiger partial charge in [0, 0.05) is 13.0 Å². The first-order valence-electron chi connectivity index (χ1n) is 8.92. The first-order chi connectivity index (χ1) is 12.0. The molecular formula is C19H27N3O3. The lowest BCUT2D eigenvalue weighted by Gasteiger charge is -2.25. The minimum absolute atomic E-state index is 0.135. The Balaban J connectivity index is 1.70. The van der Waals surface area contributed by atoms with Gasteiger partial charge in [0.25, 0.3) is 0 Å². The lowest BCUT2D eigenvalue weighted by atomic mass is 10.1. The first kappa shape index (κ1) is 19.0. The van der Waals surface area contributed by atoms with Crippen molar-refractivity contribution >= 4 is 17.7 Å². The fourth-order valence-electron chi connectivity index (χ4n) is 3.21. The van der Waals surface area contributed by atoms with Gasteiger partial charge in [0.15, 0.2) is 0 Å². The van der Waals surface area contributed by atoms with E-state index in [0.717, 1.165) is 25.7 Å². The third-order valence-corrected chi connectivity index (χ3v) is 4.57. The predicted molar refractivity (Wildman–Crippen MR) is 95.5 cm³/mol. The Labute approximate surface area is 148 Å². The van der Waals surface area contributed by atoms with Crippen molar-refractivity contribution in [2.24, 2.45) is 5.73 Å². The van der Waals surface area contributed by atoms with Crippen molar-refractivity contribution in [3.8, 4) is 0 Å². The highest BCUT2D eigenvalue weighted by atomic mass is 16.2. The maximum absolute atomic E-state index is 12.4. The quantitative estimate of drug-likeness (QED) is 0.697. The Hall–Kier alpha value is -2.37. The van der Waals surface area contributed by atoms with Crippen LogP contribution in [-0.2, 0) is 20.8 Å². The molecule has 3 N–H and O–H groups in total. The Kier molecular flexibility index (Phi) is 6.98. The summed E-state index contributed by atoms with van der Waals surface area (Å²) in [5.41, 5.74) is 6.60. The van der Waals surface area contributed by atoms with Gasteiger partial charge in [-0.3, -0.25) is 14.4 Å². The Morgan fingerprint density at radius 1 is 1.24 bits per heavy atom. The third kappa shape index (κ3) is 5.59. The van der Waals surface area contributed by atoms with Crippen molar-refractivity contribution in [3.63, 3.8) is 0 Å². The number of benzene rings is 1. The van der Waals surface area contributed by atoms with Gasteiger partial charge < -0.3 is 16.0 Å². The number of rotatable bonds is 8. The lowest BCUT2D eigenvalue weighted by Crippen LogP contribution is -2.51. The Morgan fingerprint density at radius 3 is 2.64 bits per heavy atom. The summed E-state index contributed by atoms with van der Waals surface area (Å²) in [5.74, 6) is -0.854. The predicted octanol–water partition coefficient (Wildman–Crippen LogP) is 1.38. The second-order valence-electron chi connectivity index (χ2n) is 6.57. The molecule has 1 heterocycles. The minimum atomic E-state index is -0.637.